The Balaban J connectivity index is 1.54. The minimum absolute atomic E-state index is 0.126. The summed E-state index contributed by atoms with van der Waals surface area (Å²) in [6, 6.07) is 14.1. The van der Waals surface area contributed by atoms with E-state index in [-0.39, 0.29) is 12.5 Å². The van der Waals surface area contributed by atoms with E-state index in [0.717, 1.165) is 30.5 Å². The van der Waals surface area contributed by atoms with Crippen LogP contribution in [0.3, 0.4) is 0 Å². The summed E-state index contributed by atoms with van der Waals surface area (Å²) in [6.45, 7) is 1.36. The van der Waals surface area contributed by atoms with Gasteiger partial charge in [-0.05, 0) is 54.5 Å². The number of aryl methyl sites for hydroxylation is 1. The highest BCUT2D eigenvalue weighted by Gasteiger charge is 2.44. The fraction of sp³-hybridized carbons (Fsp3) is 0.478. The molecule has 2 aromatic rings. The molecular weight excluding hydrogens is 377 g/mol. The average Bonchev–Trinajstić information content (AvgIpc) is 3.15. The summed E-state index contributed by atoms with van der Waals surface area (Å²) in [6.07, 6.45) is -0.280. The van der Waals surface area contributed by atoms with Crippen LogP contribution < -0.4 is 10.2 Å². The Hall–Kier alpha value is -2.05. The molecule has 2 aromatic carbocycles. The van der Waals surface area contributed by atoms with Crippen molar-refractivity contribution in [2.45, 2.75) is 56.8 Å². The van der Waals surface area contributed by atoms with Crippen molar-refractivity contribution < 1.29 is 17.9 Å². The van der Waals surface area contributed by atoms with Crippen LogP contribution in [-0.2, 0) is 13.0 Å². The lowest BCUT2D eigenvalue weighted by molar-refractivity contribution is -0.149. The van der Waals surface area contributed by atoms with Gasteiger partial charge in [0.2, 0.25) is 0 Å². The van der Waals surface area contributed by atoms with E-state index in [9.17, 15) is 13.2 Å². The van der Waals surface area contributed by atoms with Crippen LogP contribution in [0.5, 0.6) is 5.75 Å². The molecule has 1 fully saturated rings. The number of piperidine rings is 1. The number of halogens is 3. The zero-order chi connectivity index (χ0) is 20.4. The Kier molecular flexibility index (Phi) is 5.83. The lowest BCUT2D eigenvalue weighted by Crippen LogP contribution is -2.43. The number of nitrogens with one attached hydrogen (secondary N) is 1. The van der Waals surface area contributed by atoms with Crippen molar-refractivity contribution in [2.75, 3.05) is 13.7 Å². The first-order chi connectivity index (χ1) is 14.0. The summed E-state index contributed by atoms with van der Waals surface area (Å²) in [7, 11) is 1.58. The number of nitrogens with zero attached hydrogens (tertiary/aromatic N) is 1. The van der Waals surface area contributed by atoms with Crippen molar-refractivity contribution in [2.24, 2.45) is 0 Å². The van der Waals surface area contributed by atoms with Gasteiger partial charge in [-0.1, -0.05) is 36.8 Å². The van der Waals surface area contributed by atoms with Crippen LogP contribution >= 0.6 is 0 Å². The molecule has 0 aromatic heterocycles. The molecule has 1 N–H and O–H groups in total. The number of alkyl halides is 3. The third-order valence-electron chi connectivity index (χ3n) is 6.17. The van der Waals surface area contributed by atoms with E-state index in [1.165, 1.54) is 12.0 Å². The van der Waals surface area contributed by atoms with Crippen molar-refractivity contribution in [1.29, 1.82) is 0 Å². The normalized spacial score (nSPS) is 22.5. The van der Waals surface area contributed by atoms with Gasteiger partial charge in [0.15, 0.2) is 0 Å². The minimum atomic E-state index is -4.20. The summed E-state index contributed by atoms with van der Waals surface area (Å²) in [5.74, 6) is -0.707. The van der Waals surface area contributed by atoms with E-state index in [1.54, 1.807) is 19.2 Å². The summed E-state index contributed by atoms with van der Waals surface area (Å²) in [5.41, 5.74) is 6.69. The second kappa shape index (κ2) is 8.36. The van der Waals surface area contributed by atoms with Crippen LogP contribution in [0.15, 0.2) is 42.5 Å². The van der Waals surface area contributed by atoms with Gasteiger partial charge >= 0.3 is 6.18 Å². The fourth-order valence-electron chi connectivity index (χ4n) is 4.68. The first-order valence-corrected chi connectivity index (χ1v) is 10.3. The first-order valence-electron chi connectivity index (χ1n) is 10.3. The highest BCUT2D eigenvalue weighted by molar-refractivity contribution is 5.47. The molecule has 156 valence electrons. The second-order valence-corrected chi connectivity index (χ2v) is 7.95. The van der Waals surface area contributed by atoms with Crippen molar-refractivity contribution in [3.05, 3.63) is 64.7 Å². The summed E-state index contributed by atoms with van der Waals surface area (Å²) < 4.78 is 45.7. The molecule has 3 nitrogen and oxygen atoms in total. The van der Waals surface area contributed by atoms with E-state index in [4.69, 9.17) is 4.74 Å². The van der Waals surface area contributed by atoms with Gasteiger partial charge in [0, 0.05) is 24.7 Å². The largest absolute Gasteiger partial charge is 0.496 e. The van der Waals surface area contributed by atoms with Gasteiger partial charge in [0.05, 0.1) is 13.0 Å². The van der Waals surface area contributed by atoms with Crippen molar-refractivity contribution in [3.8, 4) is 5.75 Å². The predicted octanol–water partition coefficient (Wildman–Crippen LogP) is 5.52. The van der Waals surface area contributed by atoms with Gasteiger partial charge in [-0.2, -0.15) is 13.2 Å². The van der Waals surface area contributed by atoms with Crippen LogP contribution in [-0.4, -0.2) is 24.8 Å². The highest BCUT2D eigenvalue weighted by Crippen LogP contribution is 2.46. The van der Waals surface area contributed by atoms with Crippen LogP contribution in [0, 0.1) is 0 Å². The monoisotopic (exact) mass is 404 g/mol. The average molecular weight is 404 g/mol. The Morgan fingerprint density at radius 2 is 1.90 bits per heavy atom. The lowest BCUT2D eigenvalue weighted by Gasteiger charge is -2.36. The molecule has 0 radical (unpaired) electrons. The highest BCUT2D eigenvalue weighted by atomic mass is 19.4. The van der Waals surface area contributed by atoms with E-state index < -0.39 is 12.1 Å². The van der Waals surface area contributed by atoms with E-state index in [0.29, 0.717) is 24.3 Å². The Morgan fingerprint density at radius 3 is 2.62 bits per heavy atom. The second-order valence-electron chi connectivity index (χ2n) is 7.95. The molecular formula is C23H27F3N2O. The molecule has 29 heavy (non-hydrogen) atoms. The lowest BCUT2D eigenvalue weighted by atomic mass is 9.96. The molecule has 0 saturated carbocycles. The summed E-state index contributed by atoms with van der Waals surface area (Å²) >= 11 is 0. The number of benzene rings is 2. The van der Waals surface area contributed by atoms with Crippen LogP contribution in [0.1, 0.15) is 59.9 Å². The van der Waals surface area contributed by atoms with Crippen LogP contribution in [0.2, 0.25) is 0 Å². The third-order valence-corrected chi connectivity index (χ3v) is 6.17. The van der Waals surface area contributed by atoms with Crippen molar-refractivity contribution in [3.63, 3.8) is 0 Å². The maximum atomic E-state index is 13.4. The molecule has 1 aliphatic heterocycles. The Morgan fingerprint density at radius 1 is 1.10 bits per heavy atom. The quantitative estimate of drug-likeness (QED) is 0.710. The third kappa shape index (κ3) is 4.28. The molecule has 0 bridgehead atoms. The van der Waals surface area contributed by atoms with Gasteiger partial charge in [-0.15, -0.1) is 0 Å². The van der Waals surface area contributed by atoms with Crippen molar-refractivity contribution >= 4 is 0 Å². The first kappa shape index (κ1) is 20.2. The number of rotatable bonds is 5. The smallest absolute Gasteiger partial charge is 0.395 e. The van der Waals surface area contributed by atoms with Crippen molar-refractivity contribution in [1.82, 2.24) is 10.4 Å². The SMILES string of the molecule is COc1cc2c(cc1CNN1CCCCC1c1ccccc1)C(C(F)(F)F)CC2. The maximum absolute atomic E-state index is 13.4. The number of fused-ring (bicyclic) bond motifs is 1. The summed E-state index contributed by atoms with van der Waals surface area (Å²) in [4.78, 5) is 0. The molecule has 2 aliphatic rings. The number of hydrogen-bond donors (Lipinski definition) is 1. The van der Waals surface area contributed by atoms with E-state index in [2.05, 4.69) is 22.6 Å². The molecule has 1 aliphatic carbocycles. The van der Waals surface area contributed by atoms with Gasteiger partial charge in [0.25, 0.3) is 0 Å². The molecule has 2 unspecified atom stereocenters. The molecule has 0 amide bonds. The topological polar surface area (TPSA) is 24.5 Å². The van der Waals surface area contributed by atoms with E-state index >= 15 is 0 Å². The van der Waals surface area contributed by atoms with Crippen LogP contribution in [0.4, 0.5) is 13.2 Å². The standard InChI is InChI=1S/C23H27F3N2O/c1-29-22-14-17-10-11-20(23(24,25)26)19(17)13-18(22)15-27-28-12-6-5-9-21(28)16-7-3-2-4-8-16/h2-4,7-8,13-14,20-21,27H,5-6,9-12,15H2,1H3. The molecule has 4 rings (SSSR count). The fourth-order valence-corrected chi connectivity index (χ4v) is 4.68. The number of methoxy groups -OCH3 is 1. The predicted molar refractivity (Wildman–Crippen MR) is 107 cm³/mol. The molecule has 1 saturated heterocycles. The Labute approximate surface area is 169 Å². The van der Waals surface area contributed by atoms with Gasteiger partial charge in [-0.3, -0.25) is 5.43 Å². The number of hydrogen-bond acceptors (Lipinski definition) is 3. The molecule has 1 heterocycles. The number of hydrazine groups is 1. The molecule has 2 atom stereocenters. The molecule has 6 heteroatoms. The number of ether oxygens (including phenoxy) is 1. The van der Waals surface area contributed by atoms with E-state index in [1.807, 2.05) is 18.2 Å². The van der Waals surface area contributed by atoms with Gasteiger partial charge < -0.3 is 4.74 Å². The zero-order valence-electron chi connectivity index (χ0n) is 16.6. The van der Waals surface area contributed by atoms with Gasteiger partial charge in [0.1, 0.15) is 5.75 Å². The Bertz CT molecular complexity index is 838. The molecule has 0 spiro atoms. The maximum Gasteiger partial charge on any atom is 0.395 e. The zero-order valence-corrected chi connectivity index (χ0v) is 16.6. The van der Waals surface area contributed by atoms with Gasteiger partial charge in [-0.25, -0.2) is 5.01 Å². The minimum Gasteiger partial charge on any atom is -0.496 e. The van der Waals surface area contributed by atoms with Crippen LogP contribution in [0.25, 0.3) is 0 Å². The summed E-state index contributed by atoms with van der Waals surface area (Å²) in [5, 5.41) is 2.23.